The summed E-state index contributed by atoms with van der Waals surface area (Å²) in [5.41, 5.74) is -0.397. The number of benzene rings is 1. The predicted octanol–water partition coefficient (Wildman–Crippen LogP) is 3.72. The normalized spacial score (nSPS) is 15.0. The van der Waals surface area contributed by atoms with Gasteiger partial charge in [-0.2, -0.15) is 13.2 Å². The fourth-order valence-corrected chi connectivity index (χ4v) is 3.20. The third kappa shape index (κ3) is 4.27. The summed E-state index contributed by atoms with van der Waals surface area (Å²) >= 11 is 6.00. The number of alkyl halides is 3. The van der Waals surface area contributed by atoms with Crippen molar-refractivity contribution in [3.8, 4) is 5.75 Å². The highest BCUT2D eigenvalue weighted by Crippen LogP contribution is 2.35. The smallest absolute Gasteiger partial charge is 0.419 e. The van der Waals surface area contributed by atoms with Crippen LogP contribution in [-0.4, -0.2) is 49.1 Å². The van der Waals surface area contributed by atoms with Crippen LogP contribution in [0.5, 0.6) is 5.75 Å². The van der Waals surface area contributed by atoms with E-state index in [1.54, 1.807) is 28.0 Å². The second-order valence-electron chi connectivity index (χ2n) is 6.03. The Balaban J connectivity index is 1.73. The molecule has 2 aromatic rings. The number of carbonyl (C=O) groups is 1. The average molecular weight is 400 g/mol. The molecule has 2 heterocycles. The molecule has 3 rings (SSSR count). The van der Waals surface area contributed by atoms with Crippen LogP contribution in [0.3, 0.4) is 0 Å². The first-order valence-electron chi connectivity index (χ1n) is 8.20. The summed E-state index contributed by atoms with van der Waals surface area (Å²) < 4.78 is 44.7. The summed E-state index contributed by atoms with van der Waals surface area (Å²) in [4.78, 5) is 19.7. The fraction of sp³-hybridized carbons (Fsp3) is 0.333. The van der Waals surface area contributed by atoms with Crippen LogP contribution in [0, 0.1) is 0 Å². The van der Waals surface area contributed by atoms with Gasteiger partial charge in [-0.05, 0) is 30.3 Å². The molecular formula is C18H17ClF3N3O2. The lowest BCUT2D eigenvalue weighted by Gasteiger charge is -2.36. The van der Waals surface area contributed by atoms with Gasteiger partial charge in [0.15, 0.2) is 0 Å². The van der Waals surface area contributed by atoms with Crippen molar-refractivity contribution in [2.24, 2.45) is 0 Å². The topological polar surface area (TPSA) is 45.7 Å². The zero-order valence-electron chi connectivity index (χ0n) is 14.5. The molecule has 5 nitrogen and oxygen atoms in total. The minimum atomic E-state index is -4.48. The van der Waals surface area contributed by atoms with E-state index in [4.69, 9.17) is 16.3 Å². The number of hydrogen-bond acceptors (Lipinski definition) is 4. The number of rotatable bonds is 3. The molecule has 0 unspecified atom stereocenters. The summed E-state index contributed by atoms with van der Waals surface area (Å²) in [6.07, 6.45) is -3.14. The molecule has 1 saturated heterocycles. The maximum Gasteiger partial charge on any atom is 0.419 e. The Hall–Kier alpha value is -2.48. The van der Waals surface area contributed by atoms with Crippen LogP contribution in [0.15, 0.2) is 36.5 Å². The molecule has 1 aliphatic rings. The highest BCUT2D eigenvalue weighted by Gasteiger charge is 2.36. The van der Waals surface area contributed by atoms with Crippen LogP contribution in [-0.2, 0) is 6.18 Å². The number of halogens is 4. The van der Waals surface area contributed by atoms with Gasteiger partial charge in [0.25, 0.3) is 5.91 Å². The molecular weight excluding hydrogens is 383 g/mol. The van der Waals surface area contributed by atoms with E-state index in [0.717, 1.165) is 6.07 Å². The van der Waals surface area contributed by atoms with E-state index in [1.165, 1.54) is 19.4 Å². The Kier molecular flexibility index (Phi) is 5.46. The molecule has 0 bridgehead atoms. The molecule has 0 spiro atoms. The van der Waals surface area contributed by atoms with E-state index < -0.39 is 11.7 Å². The monoisotopic (exact) mass is 399 g/mol. The maximum absolute atomic E-state index is 13.2. The Morgan fingerprint density at radius 1 is 1.19 bits per heavy atom. The van der Waals surface area contributed by atoms with E-state index in [2.05, 4.69) is 4.98 Å². The molecule has 0 atom stereocenters. The summed E-state index contributed by atoms with van der Waals surface area (Å²) in [6.45, 7) is 1.07. The Labute approximate surface area is 159 Å². The van der Waals surface area contributed by atoms with Gasteiger partial charge in [0.1, 0.15) is 11.6 Å². The average Bonchev–Trinajstić information content (AvgIpc) is 2.66. The van der Waals surface area contributed by atoms with Gasteiger partial charge in [0, 0.05) is 43.0 Å². The van der Waals surface area contributed by atoms with Gasteiger partial charge in [0.05, 0.1) is 12.7 Å². The molecule has 1 aromatic carbocycles. The zero-order chi connectivity index (χ0) is 19.6. The Morgan fingerprint density at radius 2 is 1.89 bits per heavy atom. The van der Waals surface area contributed by atoms with Gasteiger partial charge in [0.2, 0.25) is 0 Å². The molecule has 0 saturated carbocycles. The lowest BCUT2D eigenvalue weighted by atomic mass is 10.1. The van der Waals surface area contributed by atoms with Gasteiger partial charge in [-0.15, -0.1) is 0 Å². The summed E-state index contributed by atoms with van der Waals surface area (Å²) in [7, 11) is 1.48. The lowest BCUT2D eigenvalue weighted by Crippen LogP contribution is -2.49. The molecule has 0 aliphatic carbocycles. The highest BCUT2D eigenvalue weighted by atomic mass is 35.5. The molecule has 144 valence electrons. The largest absolute Gasteiger partial charge is 0.497 e. The molecule has 9 heteroatoms. The second kappa shape index (κ2) is 7.64. The van der Waals surface area contributed by atoms with Crippen molar-refractivity contribution >= 4 is 23.3 Å². The van der Waals surface area contributed by atoms with Gasteiger partial charge < -0.3 is 14.5 Å². The number of methoxy groups -OCH3 is 1. The third-order valence-corrected chi connectivity index (χ3v) is 4.53. The van der Waals surface area contributed by atoms with Crippen LogP contribution in [0.4, 0.5) is 19.0 Å². The number of piperazine rings is 1. The van der Waals surface area contributed by atoms with Crippen molar-refractivity contribution in [1.29, 1.82) is 0 Å². The lowest BCUT2D eigenvalue weighted by molar-refractivity contribution is -0.137. The van der Waals surface area contributed by atoms with Crippen molar-refractivity contribution < 1.29 is 22.7 Å². The van der Waals surface area contributed by atoms with Crippen LogP contribution in [0.25, 0.3) is 0 Å². The summed E-state index contributed by atoms with van der Waals surface area (Å²) in [5, 5.41) is 0.375. The summed E-state index contributed by atoms with van der Waals surface area (Å²) in [6, 6.07) is 6.99. The number of hydrogen-bond donors (Lipinski definition) is 0. The SMILES string of the molecule is COc1cc(Cl)cc(C(=O)N2CCN(c3ncccc3C(F)(F)F)CC2)c1. The van der Waals surface area contributed by atoms with E-state index in [0.29, 0.717) is 16.3 Å². The Morgan fingerprint density at radius 3 is 2.52 bits per heavy atom. The quantitative estimate of drug-likeness (QED) is 0.789. The fourth-order valence-electron chi connectivity index (χ4n) is 2.98. The molecule has 27 heavy (non-hydrogen) atoms. The first-order valence-corrected chi connectivity index (χ1v) is 8.58. The van der Waals surface area contributed by atoms with E-state index >= 15 is 0 Å². The van der Waals surface area contributed by atoms with Crippen LogP contribution < -0.4 is 9.64 Å². The maximum atomic E-state index is 13.2. The first-order chi connectivity index (χ1) is 12.8. The molecule has 1 fully saturated rings. The van der Waals surface area contributed by atoms with Crippen molar-refractivity contribution in [3.05, 3.63) is 52.7 Å². The predicted molar refractivity (Wildman–Crippen MR) is 95.4 cm³/mol. The number of ether oxygens (including phenoxy) is 1. The number of anilines is 1. The van der Waals surface area contributed by atoms with Gasteiger partial charge in [-0.1, -0.05) is 11.6 Å². The number of amides is 1. The molecule has 0 radical (unpaired) electrons. The van der Waals surface area contributed by atoms with E-state index in [9.17, 15) is 18.0 Å². The Bertz CT molecular complexity index is 837. The highest BCUT2D eigenvalue weighted by molar-refractivity contribution is 6.31. The van der Waals surface area contributed by atoms with Crippen molar-refractivity contribution in [3.63, 3.8) is 0 Å². The number of carbonyl (C=O) groups excluding carboxylic acids is 1. The minimum Gasteiger partial charge on any atom is -0.497 e. The second-order valence-corrected chi connectivity index (χ2v) is 6.47. The van der Waals surface area contributed by atoms with Gasteiger partial charge >= 0.3 is 6.18 Å². The number of aromatic nitrogens is 1. The van der Waals surface area contributed by atoms with Crippen LogP contribution >= 0.6 is 11.6 Å². The molecule has 1 aliphatic heterocycles. The van der Waals surface area contributed by atoms with Crippen molar-refractivity contribution in [2.75, 3.05) is 38.2 Å². The van der Waals surface area contributed by atoms with E-state index in [-0.39, 0.29) is 37.9 Å². The van der Waals surface area contributed by atoms with Gasteiger partial charge in [-0.3, -0.25) is 4.79 Å². The van der Waals surface area contributed by atoms with E-state index in [1.807, 2.05) is 0 Å². The summed E-state index contributed by atoms with van der Waals surface area (Å²) in [5.74, 6) is 0.113. The standard InChI is InChI=1S/C18H17ClF3N3O2/c1-27-14-10-12(9-13(19)11-14)17(26)25-7-5-24(6-8-25)16-15(18(20,21)22)3-2-4-23-16/h2-4,9-11H,5-8H2,1H3. The first kappa shape index (κ1) is 19.3. The number of nitrogens with zero attached hydrogens (tertiary/aromatic N) is 3. The zero-order valence-corrected chi connectivity index (χ0v) is 15.2. The minimum absolute atomic E-state index is 0.110. The van der Waals surface area contributed by atoms with Gasteiger partial charge in [-0.25, -0.2) is 4.98 Å². The molecule has 1 amide bonds. The van der Waals surface area contributed by atoms with Crippen LogP contribution in [0.2, 0.25) is 5.02 Å². The third-order valence-electron chi connectivity index (χ3n) is 4.31. The van der Waals surface area contributed by atoms with Crippen LogP contribution in [0.1, 0.15) is 15.9 Å². The number of pyridine rings is 1. The van der Waals surface area contributed by atoms with Crippen molar-refractivity contribution in [1.82, 2.24) is 9.88 Å². The van der Waals surface area contributed by atoms with Crippen molar-refractivity contribution in [2.45, 2.75) is 6.18 Å². The molecule has 1 aromatic heterocycles. The molecule has 0 N–H and O–H groups in total.